The largest absolute Gasteiger partial charge is 0.394 e. The summed E-state index contributed by atoms with van der Waals surface area (Å²) in [5, 5.41) is 11.6. The van der Waals surface area contributed by atoms with Crippen LogP contribution in [-0.4, -0.2) is 28.6 Å². The summed E-state index contributed by atoms with van der Waals surface area (Å²) in [7, 11) is 0. The van der Waals surface area contributed by atoms with E-state index >= 15 is 0 Å². The van der Waals surface area contributed by atoms with Crippen LogP contribution in [0.4, 0.5) is 0 Å². The Morgan fingerprint density at radius 1 is 1.10 bits per heavy atom. The van der Waals surface area contributed by atoms with Crippen molar-refractivity contribution in [1.29, 1.82) is 0 Å². The number of amides is 1. The predicted molar refractivity (Wildman–Crippen MR) is 122 cm³/mol. The summed E-state index contributed by atoms with van der Waals surface area (Å²) in [4.78, 5) is 15.6. The van der Waals surface area contributed by atoms with Gasteiger partial charge >= 0.3 is 0 Å². The lowest BCUT2D eigenvalue weighted by Gasteiger charge is -2.48. The van der Waals surface area contributed by atoms with Gasteiger partial charge in [0.2, 0.25) is 5.91 Å². The van der Waals surface area contributed by atoms with E-state index in [9.17, 15) is 9.90 Å². The van der Waals surface area contributed by atoms with Gasteiger partial charge in [0.15, 0.2) is 0 Å². The summed E-state index contributed by atoms with van der Waals surface area (Å²) in [6.45, 7) is 3.85. The van der Waals surface area contributed by atoms with Crippen LogP contribution in [-0.2, 0) is 4.79 Å². The van der Waals surface area contributed by atoms with Gasteiger partial charge in [-0.2, -0.15) is 0 Å². The van der Waals surface area contributed by atoms with Gasteiger partial charge in [-0.15, -0.1) is 6.58 Å². The molecular weight excluding hydrogens is 417 g/mol. The van der Waals surface area contributed by atoms with E-state index < -0.39 is 0 Å². The Balaban J connectivity index is 1.84. The van der Waals surface area contributed by atoms with Gasteiger partial charge < -0.3 is 10.0 Å². The molecule has 2 aromatic carbocycles. The summed E-state index contributed by atoms with van der Waals surface area (Å²) in [6.07, 6.45) is 5.27. The van der Waals surface area contributed by atoms with Crippen LogP contribution in [0.3, 0.4) is 0 Å². The van der Waals surface area contributed by atoms with Gasteiger partial charge in [-0.1, -0.05) is 53.5 Å². The average Bonchev–Trinajstić information content (AvgIpc) is 3.57. The molecule has 1 saturated heterocycles. The highest BCUT2D eigenvalue weighted by Crippen LogP contribution is 2.50. The number of benzene rings is 2. The summed E-state index contributed by atoms with van der Waals surface area (Å²) in [5.41, 5.74) is 2.15. The van der Waals surface area contributed by atoms with Crippen LogP contribution in [0, 0.1) is 11.8 Å². The van der Waals surface area contributed by atoms with Crippen molar-refractivity contribution in [2.45, 2.75) is 43.7 Å². The first-order valence-corrected chi connectivity index (χ1v) is 11.3. The first-order valence-electron chi connectivity index (χ1n) is 10.6. The molecule has 1 amide bonds. The van der Waals surface area contributed by atoms with Gasteiger partial charge in [0.05, 0.1) is 18.7 Å². The third kappa shape index (κ3) is 4.30. The second kappa shape index (κ2) is 9.13. The van der Waals surface area contributed by atoms with Crippen molar-refractivity contribution in [1.82, 2.24) is 4.90 Å². The molecule has 0 radical (unpaired) electrons. The number of rotatable bonds is 7. The fourth-order valence-corrected chi connectivity index (χ4v) is 5.22. The van der Waals surface area contributed by atoms with E-state index in [0.29, 0.717) is 22.4 Å². The number of halogens is 2. The van der Waals surface area contributed by atoms with Gasteiger partial charge in [-0.05, 0) is 67.0 Å². The maximum Gasteiger partial charge on any atom is 0.226 e. The Morgan fingerprint density at radius 3 is 2.43 bits per heavy atom. The highest BCUT2D eigenvalue weighted by molar-refractivity contribution is 6.30. The van der Waals surface area contributed by atoms with E-state index in [1.54, 1.807) is 0 Å². The highest BCUT2D eigenvalue weighted by Gasteiger charge is 2.48. The average molecular weight is 444 g/mol. The molecule has 158 valence electrons. The number of piperidine rings is 1. The van der Waals surface area contributed by atoms with Crippen LogP contribution in [0.5, 0.6) is 0 Å². The minimum Gasteiger partial charge on any atom is -0.394 e. The zero-order valence-electron chi connectivity index (χ0n) is 16.9. The van der Waals surface area contributed by atoms with Crippen molar-refractivity contribution < 1.29 is 9.90 Å². The standard InChI is InChI=1S/C25H27Cl2NO2/c1-2-4-19-14-22(18-5-3-6-21(27)13-18)24(17-9-11-20(26)12-10-17)28(25(19)30)23(15-29)16-7-8-16/h2-3,5-6,9-13,16,19,22-24,29H,1,4,7-8,14-15H2/t19-,22-,23?,24-/m1/s1. The zero-order chi connectivity index (χ0) is 21.3. The maximum absolute atomic E-state index is 13.7. The van der Waals surface area contributed by atoms with Crippen molar-refractivity contribution in [3.8, 4) is 0 Å². The van der Waals surface area contributed by atoms with E-state index in [1.165, 1.54) is 0 Å². The molecule has 1 N–H and O–H groups in total. The normalized spacial score (nSPS) is 25.2. The molecule has 1 heterocycles. The molecule has 0 bridgehead atoms. The van der Waals surface area contributed by atoms with E-state index in [2.05, 4.69) is 12.6 Å². The lowest BCUT2D eigenvalue weighted by atomic mass is 9.74. The Morgan fingerprint density at radius 2 is 1.83 bits per heavy atom. The molecule has 1 aliphatic heterocycles. The molecule has 5 heteroatoms. The monoisotopic (exact) mass is 443 g/mol. The van der Waals surface area contributed by atoms with Gasteiger partial charge in [-0.3, -0.25) is 4.79 Å². The molecule has 1 saturated carbocycles. The fourth-order valence-electron chi connectivity index (χ4n) is 4.90. The number of carbonyl (C=O) groups excluding carboxylic acids is 1. The van der Waals surface area contributed by atoms with Crippen molar-refractivity contribution in [2.75, 3.05) is 6.61 Å². The van der Waals surface area contributed by atoms with E-state index in [0.717, 1.165) is 30.4 Å². The summed E-state index contributed by atoms with van der Waals surface area (Å²) >= 11 is 12.5. The van der Waals surface area contributed by atoms with Gasteiger partial charge in [-0.25, -0.2) is 0 Å². The number of carbonyl (C=O) groups is 1. The lowest BCUT2D eigenvalue weighted by molar-refractivity contribution is -0.148. The number of allylic oxidation sites excluding steroid dienone is 1. The second-order valence-electron chi connectivity index (χ2n) is 8.45. The Kier molecular flexibility index (Phi) is 6.52. The molecule has 1 unspecified atom stereocenters. The second-order valence-corrected chi connectivity index (χ2v) is 9.32. The first kappa shape index (κ1) is 21.4. The molecule has 0 spiro atoms. The molecule has 4 atom stereocenters. The van der Waals surface area contributed by atoms with Crippen LogP contribution in [0.25, 0.3) is 0 Å². The smallest absolute Gasteiger partial charge is 0.226 e. The zero-order valence-corrected chi connectivity index (χ0v) is 18.4. The molecule has 30 heavy (non-hydrogen) atoms. The van der Waals surface area contributed by atoms with E-state index in [1.807, 2.05) is 53.4 Å². The van der Waals surface area contributed by atoms with Crippen molar-refractivity contribution in [3.05, 3.63) is 82.4 Å². The first-order chi connectivity index (χ1) is 14.5. The number of aliphatic hydroxyl groups is 1. The van der Waals surface area contributed by atoms with Crippen LogP contribution in [0.2, 0.25) is 10.0 Å². The van der Waals surface area contributed by atoms with Gasteiger partial charge in [0, 0.05) is 21.9 Å². The summed E-state index contributed by atoms with van der Waals surface area (Å²) in [5.74, 6) is 0.387. The van der Waals surface area contributed by atoms with Crippen LogP contribution >= 0.6 is 23.2 Å². The third-order valence-corrected chi connectivity index (χ3v) is 6.96. The van der Waals surface area contributed by atoms with E-state index in [-0.39, 0.29) is 36.4 Å². The topological polar surface area (TPSA) is 40.5 Å². The number of aliphatic hydroxyl groups excluding tert-OH is 1. The number of nitrogens with zero attached hydrogens (tertiary/aromatic N) is 1. The quantitative estimate of drug-likeness (QED) is 0.531. The maximum atomic E-state index is 13.7. The minimum absolute atomic E-state index is 0.0242. The molecule has 4 rings (SSSR count). The van der Waals surface area contributed by atoms with Crippen molar-refractivity contribution >= 4 is 29.1 Å². The highest BCUT2D eigenvalue weighted by atomic mass is 35.5. The van der Waals surface area contributed by atoms with E-state index in [4.69, 9.17) is 23.2 Å². The molecule has 3 nitrogen and oxygen atoms in total. The molecule has 2 fully saturated rings. The predicted octanol–water partition coefficient (Wildman–Crippen LogP) is 6.01. The van der Waals surface area contributed by atoms with Gasteiger partial charge in [0.25, 0.3) is 0 Å². The summed E-state index contributed by atoms with van der Waals surface area (Å²) in [6, 6.07) is 15.3. The van der Waals surface area contributed by atoms with Crippen LogP contribution < -0.4 is 0 Å². The molecule has 0 aromatic heterocycles. The molecule has 2 aromatic rings. The minimum atomic E-state index is -0.174. The Hall–Kier alpha value is -1.81. The van der Waals surface area contributed by atoms with Crippen molar-refractivity contribution in [3.63, 3.8) is 0 Å². The van der Waals surface area contributed by atoms with Gasteiger partial charge in [0.1, 0.15) is 0 Å². The Labute approximate surface area is 188 Å². The third-order valence-electron chi connectivity index (χ3n) is 6.47. The SMILES string of the molecule is C=CC[C@@H]1C[C@H](c2cccc(Cl)c2)[C@@H](c2ccc(Cl)cc2)N(C(CO)C2CC2)C1=O. The van der Waals surface area contributed by atoms with Crippen LogP contribution in [0.15, 0.2) is 61.2 Å². The number of hydrogen-bond donors (Lipinski definition) is 1. The molecule has 2 aliphatic rings. The summed E-state index contributed by atoms with van der Waals surface area (Å²) < 4.78 is 0. The van der Waals surface area contributed by atoms with Crippen LogP contribution in [0.1, 0.15) is 48.8 Å². The number of hydrogen-bond acceptors (Lipinski definition) is 2. The fraction of sp³-hybridized carbons (Fsp3) is 0.400. The number of likely N-dealkylation sites (tertiary alicyclic amines) is 1. The molecular formula is C25H27Cl2NO2. The van der Waals surface area contributed by atoms with Crippen molar-refractivity contribution in [2.24, 2.45) is 11.8 Å². The Bertz CT molecular complexity index is 910. The molecule has 1 aliphatic carbocycles. The lowest BCUT2D eigenvalue weighted by Crippen LogP contribution is -2.53.